The molecule has 1 nitrogen and oxygen atoms in total. The maximum Gasteiger partial charge on any atom is -0.0279 e. The second-order valence-corrected chi connectivity index (χ2v) is 20.6. The van der Waals surface area contributed by atoms with Crippen molar-refractivity contribution in [2.45, 2.75) is 26.9 Å². The molecule has 6 rings (SSSR count). The van der Waals surface area contributed by atoms with E-state index >= 15 is 0 Å². The molecule has 0 aliphatic carbocycles. The molecule has 0 heterocycles. The van der Waals surface area contributed by atoms with Gasteiger partial charge >= 0.3 is 43.2 Å². The SMILES string of the molecule is C[Si](C)=[Zr]=[O].Cc1cc2c(-c3ccccc3)cccc2[cH-]1.Cc1cc2c(-c3ccccc3)cccc2[cH-]1.Cl.Cl. The summed E-state index contributed by atoms with van der Waals surface area (Å²) in [5, 5.41) is 5.37. The van der Waals surface area contributed by atoms with Crippen LogP contribution in [0.4, 0.5) is 0 Å². The molecule has 0 unspecified atom stereocenters. The van der Waals surface area contributed by atoms with Gasteiger partial charge in [0.15, 0.2) is 0 Å². The summed E-state index contributed by atoms with van der Waals surface area (Å²) in [6, 6.07) is 43.1. The Bertz CT molecular complexity index is 1540. The number of fused-ring (bicyclic) bond motifs is 2. The molecule has 0 N–H and O–H groups in total. The zero-order chi connectivity index (χ0) is 26.2. The van der Waals surface area contributed by atoms with Gasteiger partial charge < -0.3 is 0 Å². The predicted octanol–water partition coefficient (Wildman–Crippen LogP) is 10.6. The number of benzene rings is 4. The number of hydrogen-bond acceptors (Lipinski definition) is 1. The van der Waals surface area contributed by atoms with E-state index in [1.165, 1.54) is 54.9 Å². The molecule has 0 aliphatic heterocycles. The van der Waals surface area contributed by atoms with Crippen LogP contribution in [0.3, 0.4) is 0 Å². The largest absolute Gasteiger partial charge is 0.165 e. The number of hydrogen-bond donors (Lipinski definition) is 0. The molecule has 0 radical (unpaired) electrons. The number of aryl methyl sites for hydroxylation is 2. The van der Waals surface area contributed by atoms with E-state index in [4.69, 9.17) is 0 Å². The quantitative estimate of drug-likeness (QED) is 0.135. The van der Waals surface area contributed by atoms with Crippen LogP contribution in [0, 0.1) is 13.8 Å². The first-order valence-corrected chi connectivity index (χ1v) is 19.8. The monoisotopic (exact) mass is 646 g/mol. The Hall–Kier alpha value is -2.42. The zero-order valence-corrected chi connectivity index (χ0v) is 27.9. The maximum atomic E-state index is 9.84. The third-order valence-corrected chi connectivity index (χ3v) is 9.58. The summed E-state index contributed by atoms with van der Waals surface area (Å²) in [4.78, 5) is 0. The van der Waals surface area contributed by atoms with Crippen molar-refractivity contribution < 1.29 is 24.7 Å². The summed E-state index contributed by atoms with van der Waals surface area (Å²) >= 11 is -1.01. The Morgan fingerprint density at radius 2 is 0.923 bits per heavy atom. The van der Waals surface area contributed by atoms with Crippen molar-refractivity contribution in [3.63, 3.8) is 0 Å². The summed E-state index contributed by atoms with van der Waals surface area (Å²) in [6.07, 6.45) is 0. The van der Waals surface area contributed by atoms with E-state index in [1.807, 2.05) is 0 Å². The second-order valence-electron chi connectivity index (χ2n) is 9.52. The van der Waals surface area contributed by atoms with Crippen LogP contribution in [-0.2, 0) is 24.7 Å². The van der Waals surface area contributed by atoms with Gasteiger partial charge in [0.05, 0.1) is 0 Å². The Morgan fingerprint density at radius 1 is 0.564 bits per heavy atom. The Labute approximate surface area is 256 Å². The standard InChI is InChI=1S/2C16H13.C2H6Si.2ClH.O.Zr/c2*1-12-10-14-8-5-9-15(16(14)11-12)13-6-3-2-4-7-13;1-3-2;;;;/h2*2-11H,1H3;1-2H3;2*1H;;/q2*-1;;;;;. The molecule has 0 saturated heterocycles. The van der Waals surface area contributed by atoms with E-state index in [9.17, 15) is 2.81 Å². The van der Waals surface area contributed by atoms with Crippen molar-refractivity contribution in [1.82, 2.24) is 0 Å². The van der Waals surface area contributed by atoms with Crippen molar-refractivity contribution in [1.29, 1.82) is 0 Å². The fourth-order valence-electron chi connectivity index (χ4n) is 4.51. The average Bonchev–Trinajstić information content (AvgIpc) is 3.50. The van der Waals surface area contributed by atoms with Gasteiger partial charge in [0.1, 0.15) is 0 Å². The molecule has 0 fully saturated rings. The van der Waals surface area contributed by atoms with E-state index in [0.29, 0.717) is 0 Å². The van der Waals surface area contributed by atoms with Crippen LogP contribution in [0.25, 0.3) is 43.8 Å². The van der Waals surface area contributed by atoms with E-state index < -0.39 is 21.9 Å². The van der Waals surface area contributed by atoms with E-state index in [-0.39, 0.29) is 30.2 Å². The average molecular weight is 649 g/mol. The molecule has 6 aromatic rings. The van der Waals surface area contributed by atoms with Crippen LogP contribution >= 0.6 is 24.8 Å². The van der Waals surface area contributed by atoms with Crippen LogP contribution in [0.5, 0.6) is 0 Å². The van der Waals surface area contributed by atoms with Crippen molar-refractivity contribution >= 4 is 51.8 Å². The van der Waals surface area contributed by atoms with Crippen LogP contribution in [0.1, 0.15) is 11.1 Å². The predicted molar refractivity (Wildman–Crippen MR) is 172 cm³/mol. The molecule has 0 aromatic heterocycles. The molecule has 0 spiro atoms. The van der Waals surface area contributed by atoms with E-state index in [2.05, 4.69) is 148 Å². The minimum absolute atomic E-state index is 0. The van der Waals surface area contributed by atoms with Crippen LogP contribution in [0.2, 0.25) is 13.1 Å². The minimum Gasteiger partial charge on any atom is -0.165 e. The van der Waals surface area contributed by atoms with Crippen LogP contribution in [-0.4, -0.2) is 5.43 Å². The van der Waals surface area contributed by atoms with Gasteiger partial charge in [0.25, 0.3) is 0 Å². The van der Waals surface area contributed by atoms with Crippen LogP contribution in [0.15, 0.2) is 121 Å². The fraction of sp³-hybridized carbons (Fsp3) is 0.118. The first-order chi connectivity index (χ1) is 18.0. The Balaban J connectivity index is 0.000000224. The topological polar surface area (TPSA) is 17.1 Å². The van der Waals surface area contributed by atoms with E-state index in [1.54, 1.807) is 0 Å². The molecule has 5 heteroatoms. The van der Waals surface area contributed by atoms with Gasteiger partial charge in [0.2, 0.25) is 0 Å². The molecule has 0 atom stereocenters. The normalized spacial score (nSPS) is 9.64. The smallest absolute Gasteiger partial charge is 0.0279 e. The molecule has 6 aromatic carbocycles. The zero-order valence-electron chi connectivity index (χ0n) is 22.8. The van der Waals surface area contributed by atoms with Gasteiger partial charge in [-0.2, -0.15) is 12.1 Å². The molecule has 0 saturated carbocycles. The van der Waals surface area contributed by atoms with Gasteiger partial charge in [-0.05, 0) is 11.1 Å². The molecule has 0 aliphatic rings. The summed E-state index contributed by atoms with van der Waals surface area (Å²) in [5.74, 6) is 0. The van der Waals surface area contributed by atoms with Crippen molar-refractivity contribution in [2.24, 2.45) is 0 Å². The maximum absolute atomic E-state index is 9.84. The molecule has 0 amide bonds. The minimum atomic E-state index is -1.01. The van der Waals surface area contributed by atoms with Crippen molar-refractivity contribution in [3.8, 4) is 22.3 Å². The summed E-state index contributed by atoms with van der Waals surface area (Å²) < 4.78 is 9.84. The Kier molecular flexibility index (Phi) is 13.4. The van der Waals surface area contributed by atoms with Gasteiger partial charge in [-0.1, -0.05) is 97.8 Å². The molecular weight excluding hydrogens is 615 g/mol. The first kappa shape index (κ1) is 32.8. The number of halogens is 2. The molecule has 200 valence electrons. The van der Waals surface area contributed by atoms with Gasteiger partial charge in [0, 0.05) is 0 Å². The molecular formula is C34H34Cl2OSiZr-2. The molecule has 39 heavy (non-hydrogen) atoms. The van der Waals surface area contributed by atoms with E-state index in [0.717, 1.165) is 0 Å². The number of rotatable bonds is 2. The summed E-state index contributed by atoms with van der Waals surface area (Å²) in [6.45, 7) is 8.47. The Morgan fingerprint density at radius 3 is 1.26 bits per heavy atom. The summed E-state index contributed by atoms with van der Waals surface area (Å²) in [7, 11) is 0. The third-order valence-electron chi connectivity index (χ3n) is 6.16. The van der Waals surface area contributed by atoms with Crippen molar-refractivity contribution in [2.75, 3.05) is 0 Å². The van der Waals surface area contributed by atoms with Crippen molar-refractivity contribution in [3.05, 3.63) is 132 Å². The first-order valence-electron chi connectivity index (χ1n) is 12.6. The molecule has 0 bridgehead atoms. The van der Waals surface area contributed by atoms with Crippen LogP contribution < -0.4 is 0 Å². The second kappa shape index (κ2) is 16.0. The van der Waals surface area contributed by atoms with Gasteiger partial charge in [-0.3, -0.25) is 0 Å². The summed E-state index contributed by atoms with van der Waals surface area (Å²) in [5.41, 5.74) is 7.64. The fourth-order valence-corrected chi connectivity index (χ4v) is 4.51. The van der Waals surface area contributed by atoms with Gasteiger partial charge in [-0.25, -0.2) is 0 Å². The van der Waals surface area contributed by atoms with Gasteiger partial charge in [-0.15, -0.1) is 93.9 Å². The third kappa shape index (κ3) is 8.78.